The van der Waals surface area contributed by atoms with Crippen LogP contribution in [0.5, 0.6) is 0 Å². The average Bonchev–Trinajstić information content (AvgIpc) is 2.99. The van der Waals surface area contributed by atoms with Gasteiger partial charge in [0.15, 0.2) is 5.82 Å². The molecule has 124 valence electrons. The summed E-state index contributed by atoms with van der Waals surface area (Å²) in [6.45, 7) is 8.23. The van der Waals surface area contributed by atoms with Gasteiger partial charge in [0.05, 0.1) is 5.69 Å². The zero-order valence-electron chi connectivity index (χ0n) is 14.7. The quantitative estimate of drug-likeness (QED) is 0.762. The monoisotopic (exact) mass is 321 g/mol. The number of aromatic nitrogens is 4. The van der Waals surface area contributed by atoms with Gasteiger partial charge in [0.1, 0.15) is 11.6 Å². The summed E-state index contributed by atoms with van der Waals surface area (Å²) in [5, 5.41) is 7.98. The Morgan fingerprint density at radius 3 is 2.62 bits per heavy atom. The number of hydrogen-bond donors (Lipinski definition) is 1. The molecule has 5 heteroatoms. The predicted octanol–water partition coefficient (Wildman–Crippen LogP) is 4.28. The summed E-state index contributed by atoms with van der Waals surface area (Å²) in [4.78, 5) is 9.00. The second-order valence-corrected chi connectivity index (χ2v) is 6.10. The van der Waals surface area contributed by atoms with Gasteiger partial charge in [0.25, 0.3) is 0 Å². The number of rotatable bonds is 5. The van der Waals surface area contributed by atoms with Crippen LogP contribution in [0, 0.1) is 20.8 Å². The zero-order valence-corrected chi connectivity index (χ0v) is 14.7. The molecule has 1 N–H and O–H groups in total. The summed E-state index contributed by atoms with van der Waals surface area (Å²) in [6.07, 6.45) is 4.01. The smallest absolute Gasteiger partial charge is 0.159 e. The Bertz CT molecular complexity index is 851. The highest BCUT2D eigenvalue weighted by Gasteiger charge is 2.07. The maximum absolute atomic E-state index is 4.59. The minimum atomic E-state index is 0.715. The van der Waals surface area contributed by atoms with Crippen LogP contribution in [0.2, 0.25) is 0 Å². The number of aryl methyl sites for hydroxylation is 4. The largest absolute Gasteiger partial charge is 0.340 e. The Morgan fingerprint density at radius 1 is 1.04 bits per heavy atom. The molecule has 2 aromatic heterocycles. The Balaban J connectivity index is 1.90. The van der Waals surface area contributed by atoms with E-state index in [9.17, 15) is 0 Å². The lowest BCUT2D eigenvalue weighted by atomic mass is 10.1. The molecule has 24 heavy (non-hydrogen) atoms. The molecule has 0 radical (unpaired) electrons. The molecule has 1 aromatic carbocycles. The molecule has 0 saturated carbocycles. The average molecular weight is 321 g/mol. The van der Waals surface area contributed by atoms with Crippen LogP contribution in [0.25, 0.3) is 5.82 Å². The molecule has 3 aromatic rings. The number of nitrogens with zero attached hydrogens (tertiary/aromatic N) is 4. The van der Waals surface area contributed by atoms with Crippen LogP contribution in [0.1, 0.15) is 36.0 Å². The van der Waals surface area contributed by atoms with Crippen LogP contribution in [-0.2, 0) is 6.42 Å². The van der Waals surface area contributed by atoms with Crippen molar-refractivity contribution in [2.75, 3.05) is 5.32 Å². The van der Waals surface area contributed by atoms with Crippen LogP contribution < -0.4 is 5.32 Å². The van der Waals surface area contributed by atoms with Crippen molar-refractivity contribution in [2.45, 2.75) is 40.5 Å². The highest BCUT2D eigenvalue weighted by atomic mass is 15.3. The van der Waals surface area contributed by atoms with Gasteiger partial charge in [-0.3, -0.25) is 0 Å². The third-order valence-electron chi connectivity index (χ3n) is 3.85. The summed E-state index contributed by atoms with van der Waals surface area (Å²) >= 11 is 0. The number of nitrogens with one attached hydrogen (secondary N) is 1. The van der Waals surface area contributed by atoms with E-state index >= 15 is 0 Å². The first-order chi connectivity index (χ1) is 11.5. The molecule has 0 saturated heterocycles. The van der Waals surface area contributed by atoms with Crippen molar-refractivity contribution in [3.8, 4) is 5.82 Å². The van der Waals surface area contributed by atoms with Crippen LogP contribution >= 0.6 is 0 Å². The molecular formula is C19H23N5. The Kier molecular flexibility index (Phi) is 4.60. The first-order valence-electron chi connectivity index (χ1n) is 8.30. The van der Waals surface area contributed by atoms with Gasteiger partial charge in [0.2, 0.25) is 0 Å². The Hall–Kier alpha value is -2.69. The molecule has 0 spiro atoms. The fraction of sp³-hybridized carbons (Fsp3) is 0.316. The van der Waals surface area contributed by atoms with Crippen molar-refractivity contribution in [2.24, 2.45) is 0 Å². The van der Waals surface area contributed by atoms with Crippen molar-refractivity contribution in [3.05, 3.63) is 59.2 Å². The van der Waals surface area contributed by atoms with Gasteiger partial charge in [-0.1, -0.05) is 31.0 Å². The van der Waals surface area contributed by atoms with E-state index in [2.05, 4.69) is 59.4 Å². The Morgan fingerprint density at radius 2 is 1.88 bits per heavy atom. The van der Waals surface area contributed by atoms with Gasteiger partial charge in [-0.05, 0) is 44.9 Å². The second-order valence-electron chi connectivity index (χ2n) is 6.10. The molecule has 5 nitrogen and oxygen atoms in total. The molecule has 3 rings (SSSR count). The van der Waals surface area contributed by atoms with Gasteiger partial charge in [-0.2, -0.15) is 5.10 Å². The van der Waals surface area contributed by atoms with Gasteiger partial charge < -0.3 is 5.32 Å². The molecule has 0 bridgehead atoms. The van der Waals surface area contributed by atoms with Crippen LogP contribution in [0.15, 0.2) is 36.5 Å². The summed E-state index contributed by atoms with van der Waals surface area (Å²) in [5.74, 6) is 2.27. The molecule has 0 unspecified atom stereocenters. The van der Waals surface area contributed by atoms with Gasteiger partial charge in [-0.15, -0.1) is 0 Å². The maximum atomic E-state index is 4.59. The minimum absolute atomic E-state index is 0.715. The molecule has 0 fully saturated rings. The maximum Gasteiger partial charge on any atom is 0.159 e. The molecule has 0 aliphatic heterocycles. The van der Waals surface area contributed by atoms with Crippen LogP contribution in [-0.4, -0.2) is 19.7 Å². The summed E-state index contributed by atoms with van der Waals surface area (Å²) in [7, 11) is 0. The third-order valence-corrected chi connectivity index (χ3v) is 3.85. The molecule has 0 amide bonds. The van der Waals surface area contributed by atoms with Crippen molar-refractivity contribution in [3.63, 3.8) is 0 Å². The summed E-state index contributed by atoms with van der Waals surface area (Å²) in [6, 6.07) is 10.3. The van der Waals surface area contributed by atoms with E-state index in [0.29, 0.717) is 5.82 Å². The number of benzene rings is 1. The van der Waals surface area contributed by atoms with Gasteiger partial charge >= 0.3 is 0 Å². The molecule has 0 aliphatic rings. The standard InChI is InChI=1S/C19H23N5/c1-5-6-16-9-10-24(23-16)19-12-18(20-15(4)21-19)22-17-8-7-13(2)11-14(17)3/h7-12H,5-6H2,1-4H3,(H,20,21,22). The molecule has 0 aliphatic carbocycles. The van der Waals surface area contributed by atoms with Crippen LogP contribution in [0.3, 0.4) is 0 Å². The lowest BCUT2D eigenvalue weighted by molar-refractivity contribution is 0.783. The van der Waals surface area contributed by atoms with Crippen molar-refractivity contribution in [1.82, 2.24) is 19.7 Å². The summed E-state index contributed by atoms with van der Waals surface area (Å²) in [5.41, 5.74) is 4.57. The number of anilines is 2. The SMILES string of the molecule is CCCc1ccn(-c2cc(Nc3ccc(C)cc3C)nc(C)n2)n1. The lowest BCUT2D eigenvalue weighted by Gasteiger charge is -2.11. The van der Waals surface area contributed by atoms with Crippen LogP contribution in [0.4, 0.5) is 11.5 Å². The van der Waals surface area contributed by atoms with E-state index in [1.165, 1.54) is 11.1 Å². The minimum Gasteiger partial charge on any atom is -0.340 e. The van der Waals surface area contributed by atoms with E-state index in [0.717, 1.165) is 35.9 Å². The van der Waals surface area contributed by atoms with Crippen molar-refractivity contribution < 1.29 is 0 Å². The highest BCUT2D eigenvalue weighted by molar-refractivity contribution is 5.61. The first kappa shape index (κ1) is 16.2. The second kappa shape index (κ2) is 6.83. The Labute approximate surface area is 142 Å². The molecule has 0 atom stereocenters. The van der Waals surface area contributed by atoms with Crippen molar-refractivity contribution in [1.29, 1.82) is 0 Å². The normalized spacial score (nSPS) is 10.8. The fourth-order valence-corrected chi connectivity index (χ4v) is 2.70. The first-order valence-corrected chi connectivity index (χ1v) is 8.30. The van der Waals surface area contributed by atoms with E-state index < -0.39 is 0 Å². The topological polar surface area (TPSA) is 55.6 Å². The number of hydrogen-bond acceptors (Lipinski definition) is 4. The molecule has 2 heterocycles. The van der Waals surface area contributed by atoms with Crippen molar-refractivity contribution >= 4 is 11.5 Å². The predicted molar refractivity (Wildman–Crippen MR) is 97.1 cm³/mol. The van der Waals surface area contributed by atoms with E-state index in [1.807, 2.05) is 29.9 Å². The van der Waals surface area contributed by atoms with E-state index in [-0.39, 0.29) is 0 Å². The molecular weight excluding hydrogens is 298 g/mol. The highest BCUT2D eigenvalue weighted by Crippen LogP contribution is 2.21. The van der Waals surface area contributed by atoms with Gasteiger partial charge in [-0.25, -0.2) is 14.6 Å². The zero-order chi connectivity index (χ0) is 17.1. The van der Waals surface area contributed by atoms with E-state index in [1.54, 1.807) is 0 Å². The lowest BCUT2D eigenvalue weighted by Crippen LogP contribution is -2.05. The van der Waals surface area contributed by atoms with E-state index in [4.69, 9.17) is 0 Å². The summed E-state index contributed by atoms with van der Waals surface area (Å²) < 4.78 is 1.81. The third kappa shape index (κ3) is 3.62. The van der Waals surface area contributed by atoms with Gasteiger partial charge in [0, 0.05) is 18.0 Å². The fourth-order valence-electron chi connectivity index (χ4n) is 2.70.